The molecule has 27 heavy (non-hydrogen) atoms. The molecular formula is C20H37O6P. The highest BCUT2D eigenvalue weighted by Gasteiger charge is 2.58. The molecule has 3 fully saturated rings. The fraction of sp³-hybridized carbons (Fsp3) is 1.00. The topological polar surface area (TPSA) is 66.4 Å². The van der Waals surface area contributed by atoms with Crippen molar-refractivity contribution in [2.24, 2.45) is 0 Å². The first-order chi connectivity index (χ1) is 12.7. The number of fused-ring (bicyclic) bond motifs is 1. The molecule has 3 aliphatic rings. The first kappa shape index (κ1) is 21.9. The van der Waals surface area contributed by atoms with Gasteiger partial charge in [-0.3, -0.25) is 0 Å². The zero-order valence-electron chi connectivity index (χ0n) is 17.5. The van der Waals surface area contributed by atoms with Gasteiger partial charge in [-0.05, 0) is 40.3 Å². The van der Waals surface area contributed by atoms with E-state index in [1.165, 1.54) is 32.1 Å². The summed E-state index contributed by atoms with van der Waals surface area (Å²) in [5, 5.41) is 10.9. The monoisotopic (exact) mass is 404 g/mol. The number of ether oxygens (including phenoxy) is 4. The normalized spacial score (nSPS) is 40.2. The standard InChI is InChI=1S/C20H37O6P/c1-6-7-8-9-10-11-12-27-18(21)17-16(24-20(4,5)25-17)15(26-27)14-13-22-19(2,3)23-14/h14-18,21H,6-13H2,1-5H3/t14-,15-,16+,17+,18-,27+/m1/s1. The Kier molecular flexibility index (Phi) is 7.22. The lowest BCUT2D eigenvalue weighted by molar-refractivity contribution is -0.173. The van der Waals surface area contributed by atoms with Gasteiger partial charge < -0.3 is 28.6 Å². The van der Waals surface area contributed by atoms with Crippen molar-refractivity contribution in [2.45, 2.75) is 115 Å². The van der Waals surface area contributed by atoms with E-state index in [1.54, 1.807) is 0 Å². The van der Waals surface area contributed by atoms with Gasteiger partial charge in [0.1, 0.15) is 30.3 Å². The molecule has 3 rings (SSSR count). The largest absolute Gasteiger partial charge is 0.383 e. The maximum absolute atomic E-state index is 10.9. The molecule has 0 aliphatic carbocycles. The third-order valence-corrected chi connectivity index (χ3v) is 7.62. The Morgan fingerprint density at radius 2 is 1.52 bits per heavy atom. The number of hydrogen-bond acceptors (Lipinski definition) is 6. The van der Waals surface area contributed by atoms with Crippen molar-refractivity contribution in [1.29, 1.82) is 0 Å². The third-order valence-electron chi connectivity index (χ3n) is 5.46. The van der Waals surface area contributed by atoms with Crippen LogP contribution in [-0.2, 0) is 23.5 Å². The highest BCUT2D eigenvalue weighted by molar-refractivity contribution is 7.53. The molecule has 3 aliphatic heterocycles. The molecule has 6 atom stereocenters. The van der Waals surface area contributed by atoms with Crippen molar-refractivity contribution in [1.82, 2.24) is 0 Å². The fourth-order valence-corrected chi connectivity index (χ4v) is 6.29. The van der Waals surface area contributed by atoms with Crippen LogP contribution in [0, 0.1) is 0 Å². The maximum atomic E-state index is 10.9. The van der Waals surface area contributed by atoms with Crippen LogP contribution < -0.4 is 0 Å². The van der Waals surface area contributed by atoms with Crippen molar-refractivity contribution < 1.29 is 28.6 Å². The lowest BCUT2D eigenvalue weighted by atomic mass is 10.0. The molecule has 7 heteroatoms. The summed E-state index contributed by atoms with van der Waals surface area (Å²) in [7, 11) is -1.00. The lowest BCUT2D eigenvalue weighted by Crippen LogP contribution is -2.53. The second kappa shape index (κ2) is 8.91. The summed E-state index contributed by atoms with van der Waals surface area (Å²) < 4.78 is 30.4. The highest BCUT2D eigenvalue weighted by Crippen LogP contribution is 2.55. The number of aliphatic hydroxyl groups excluding tert-OH is 1. The van der Waals surface area contributed by atoms with Crippen LogP contribution in [0.2, 0.25) is 0 Å². The van der Waals surface area contributed by atoms with Crippen molar-refractivity contribution in [3.8, 4) is 0 Å². The average Bonchev–Trinajstić information content (AvgIpc) is 3.11. The number of aliphatic hydroxyl groups is 1. The number of rotatable bonds is 8. The fourth-order valence-electron chi connectivity index (χ4n) is 4.13. The number of unbranched alkanes of at least 4 members (excludes halogenated alkanes) is 5. The van der Waals surface area contributed by atoms with Crippen molar-refractivity contribution in [3.05, 3.63) is 0 Å². The quantitative estimate of drug-likeness (QED) is 0.485. The van der Waals surface area contributed by atoms with E-state index in [0.717, 1.165) is 12.6 Å². The molecule has 0 spiro atoms. The molecular weight excluding hydrogens is 367 g/mol. The van der Waals surface area contributed by atoms with Crippen molar-refractivity contribution in [3.63, 3.8) is 0 Å². The maximum Gasteiger partial charge on any atom is 0.164 e. The molecule has 0 amide bonds. The van der Waals surface area contributed by atoms with E-state index in [0.29, 0.717) is 6.61 Å². The van der Waals surface area contributed by atoms with Crippen molar-refractivity contribution >= 4 is 8.15 Å². The summed E-state index contributed by atoms with van der Waals surface area (Å²) in [5.41, 5.74) is 0. The van der Waals surface area contributed by atoms with Crippen LogP contribution in [0.3, 0.4) is 0 Å². The Labute approximate surface area is 165 Å². The molecule has 1 N–H and O–H groups in total. The van der Waals surface area contributed by atoms with E-state index >= 15 is 0 Å². The molecule has 0 aromatic carbocycles. The summed E-state index contributed by atoms with van der Waals surface area (Å²) in [6.45, 7) is 10.3. The first-order valence-corrected chi connectivity index (χ1v) is 12.0. The molecule has 3 heterocycles. The molecule has 0 bridgehead atoms. The predicted molar refractivity (Wildman–Crippen MR) is 105 cm³/mol. The van der Waals surface area contributed by atoms with Gasteiger partial charge in [0.25, 0.3) is 0 Å². The van der Waals surface area contributed by atoms with E-state index in [9.17, 15) is 5.11 Å². The van der Waals surface area contributed by atoms with Crippen LogP contribution in [0.4, 0.5) is 0 Å². The van der Waals surface area contributed by atoms with E-state index in [-0.39, 0.29) is 24.4 Å². The zero-order chi connectivity index (χ0) is 19.7. The minimum Gasteiger partial charge on any atom is -0.383 e. The van der Waals surface area contributed by atoms with Crippen LogP contribution >= 0.6 is 8.15 Å². The number of hydrogen-bond donors (Lipinski definition) is 1. The van der Waals surface area contributed by atoms with E-state index in [1.807, 2.05) is 27.7 Å². The van der Waals surface area contributed by atoms with Crippen LogP contribution in [0.5, 0.6) is 0 Å². The summed E-state index contributed by atoms with van der Waals surface area (Å²) in [4.78, 5) is 0. The molecule has 3 saturated heterocycles. The van der Waals surface area contributed by atoms with Gasteiger partial charge in [-0.15, -0.1) is 0 Å². The van der Waals surface area contributed by atoms with Gasteiger partial charge in [0.05, 0.1) is 14.8 Å². The summed E-state index contributed by atoms with van der Waals surface area (Å²) in [6, 6.07) is 0. The minimum atomic E-state index is -1.00. The summed E-state index contributed by atoms with van der Waals surface area (Å²) in [6.07, 6.45) is 7.09. The van der Waals surface area contributed by atoms with Crippen LogP contribution in [0.15, 0.2) is 0 Å². The van der Waals surface area contributed by atoms with Gasteiger partial charge in [0, 0.05) is 0 Å². The molecule has 0 aromatic rings. The Morgan fingerprint density at radius 1 is 0.852 bits per heavy atom. The lowest BCUT2D eigenvalue weighted by Gasteiger charge is -2.41. The van der Waals surface area contributed by atoms with E-state index in [4.69, 9.17) is 23.5 Å². The van der Waals surface area contributed by atoms with Crippen LogP contribution in [0.1, 0.15) is 73.1 Å². The predicted octanol–water partition coefficient (Wildman–Crippen LogP) is 4.13. The Balaban J connectivity index is 1.62. The Morgan fingerprint density at radius 3 is 2.19 bits per heavy atom. The first-order valence-electron chi connectivity index (χ1n) is 10.5. The molecule has 6 nitrogen and oxygen atoms in total. The van der Waals surface area contributed by atoms with Gasteiger partial charge in [0.2, 0.25) is 0 Å². The second-order valence-electron chi connectivity index (χ2n) is 8.82. The Hall–Kier alpha value is 0.190. The van der Waals surface area contributed by atoms with Gasteiger partial charge in [-0.25, -0.2) is 0 Å². The third kappa shape index (κ3) is 5.42. The molecule has 158 valence electrons. The second-order valence-corrected chi connectivity index (χ2v) is 10.8. The van der Waals surface area contributed by atoms with Crippen LogP contribution in [-0.4, -0.2) is 59.7 Å². The zero-order valence-corrected chi connectivity index (χ0v) is 18.4. The molecule has 0 unspecified atom stereocenters. The molecule has 0 radical (unpaired) electrons. The molecule has 0 aromatic heterocycles. The minimum absolute atomic E-state index is 0.202. The summed E-state index contributed by atoms with van der Waals surface area (Å²) in [5.74, 6) is -1.95. The van der Waals surface area contributed by atoms with Crippen molar-refractivity contribution in [2.75, 3.05) is 12.8 Å². The van der Waals surface area contributed by atoms with Crippen LogP contribution in [0.25, 0.3) is 0 Å². The van der Waals surface area contributed by atoms with Gasteiger partial charge in [-0.1, -0.05) is 39.0 Å². The van der Waals surface area contributed by atoms with Gasteiger partial charge >= 0.3 is 0 Å². The van der Waals surface area contributed by atoms with E-state index < -0.39 is 25.6 Å². The average molecular weight is 404 g/mol. The SMILES string of the molecule is CCCCCCCC[P@]1O[C@H]([C@H]2COC(C)(C)O2)[C@@H]2OC(C)(C)O[C@@H]2[C@@H]1O. The van der Waals surface area contributed by atoms with Gasteiger partial charge in [-0.2, -0.15) is 0 Å². The highest BCUT2D eigenvalue weighted by atomic mass is 31.1. The van der Waals surface area contributed by atoms with Gasteiger partial charge in [0.15, 0.2) is 11.6 Å². The molecule has 0 saturated carbocycles. The van der Waals surface area contributed by atoms with E-state index in [2.05, 4.69) is 6.92 Å². The smallest absolute Gasteiger partial charge is 0.164 e. The summed E-state index contributed by atoms with van der Waals surface area (Å²) >= 11 is 0. The Bertz CT molecular complexity index is 485.